The Morgan fingerprint density at radius 1 is 1.78 bits per heavy atom. The smallest absolute Gasteiger partial charge is 0.0533 e. The summed E-state index contributed by atoms with van der Waals surface area (Å²) in [6.07, 6.45) is 3.71. The van der Waals surface area contributed by atoms with E-state index in [0.29, 0.717) is 6.54 Å². The molecule has 0 unspecified atom stereocenters. The topological polar surface area (TPSA) is 29.3 Å². The Kier molecular flexibility index (Phi) is 1.78. The molecule has 0 atom stereocenters. The number of nitrogens with zero attached hydrogens (tertiary/aromatic N) is 1. The zero-order chi connectivity index (χ0) is 6.85. The van der Waals surface area contributed by atoms with E-state index in [1.165, 1.54) is 0 Å². The van der Waals surface area contributed by atoms with Gasteiger partial charge in [0.05, 0.1) is 6.54 Å². The van der Waals surface area contributed by atoms with Gasteiger partial charge in [-0.2, -0.15) is 0 Å². The average molecular weight is 145 g/mol. The van der Waals surface area contributed by atoms with Crippen LogP contribution in [0.5, 0.6) is 0 Å². The Bertz CT molecular complexity index is 172. The van der Waals surface area contributed by atoms with Crippen LogP contribution in [-0.4, -0.2) is 11.6 Å². The largest absolute Gasteiger partial charge is 0.314 e. The van der Waals surface area contributed by atoms with Gasteiger partial charge in [0.25, 0.3) is 0 Å². The zero-order valence-electron chi connectivity index (χ0n) is 5.26. The van der Waals surface area contributed by atoms with Crippen molar-refractivity contribution in [2.24, 2.45) is 5.84 Å². The summed E-state index contributed by atoms with van der Waals surface area (Å²) in [5, 5.41) is 2.40. The fraction of sp³-hybridized carbons (Fsp3) is 0.333. The first-order valence-corrected chi connectivity index (χ1v) is 3.14. The molecule has 1 aliphatic heterocycles. The van der Waals surface area contributed by atoms with Crippen molar-refractivity contribution < 1.29 is 0 Å². The van der Waals surface area contributed by atoms with E-state index in [-0.39, 0.29) is 0 Å². The van der Waals surface area contributed by atoms with Gasteiger partial charge in [-0.1, -0.05) is 11.6 Å². The monoisotopic (exact) mass is 144 g/mol. The highest BCUT2D eigenvalue weighted by Gasteiger charge is 2.02. The van der Waals surface area contributed by atoms with Crippen LogP contribution in [0.2, 0.25) is 0 Å². The molecule has 0 amide bonds. The first-order chi connectivity index (χ1) is 4.20. The summed E-state index contributed by atoms with van der Waals surface area (Å²) < 4.78 is 0. The van der Waals surface area contributed by atoms with Gasteiger partial charge < -0.3 is 5.01 Å². The Morgan fingerprint density at radius 3 is 2.89 bits per heavy atom. The van der Waals surface area contributed by atoms with E-state index in [0.717, 1.165) is 10.6 Å². The maximum absolute atomic E-state index is 5.74. The van der Waals surface area contributed by atoms with Crippen LogP contribution in [0.25, 0.3) is 0 Å². The van der Waals surface area contributed by atoms with Crippen molar-refractivity contribution in [2.75, 3.05) is 6.54 Å². The standard InChI is InChI=1S/C6H9ClN2/c1-5-4-9(8)3-2-6(5)7/h2,4H,3,8H2,1H3. The predicted octanol–water partition coefficient (Wildman–Crippen LogP) is 1.20. The number of allylic oxidation sites excluding steroid dienone is 2. The number of halogens is 1. The highest BCUT2D eigenvalue weighted by molar-refractivity contribution is 6.32. The van der Waals surface area contributed by atoms with Crippen molar-refractivity contribution in [3.63, 3.8) is 0 Å². The summed E-state index contributed by atoms with van der Waals surface area (Å²) in [6.45, 7) is 2.63. The molecule has 0 bridgehead atoms. The van der Waals surface area contributed by atoms with E-state index in [1.54, 1.807) is 5.01 Å². The van der Waals surface area contributed by atoms with Gasteiger partial charge in [0.1, 0.15) is 0 Å². The number of nitrogens with two attached hydrogens (primary N) is 1. The zero-order valence-corrected chi connectivity index (χ0v) is 6.02. The van der Waals surface area contributed by atoms with E-state index >= 15 is 0 Å². The number of hydrogen-bond donors (Lipinski definition) is 1. The third kappa shape index (κ3) is 1.47. The molecule has 0 aliphatic carbocycles. The highest BCUT2D eigenvalue weighted by Crippen LogP contribution is 2.16. The summed E-state index contributed by atoms with van der Waals surface area (Å²) in [4.78, 5) is 0. The first kappa shape index (κ1) is 6.65. The molecule has 9 heavy (non-hydrogen) atoms. The van der Waals surface area contributed by atoms with Gasteiger partial charge >= 0.3 is 0 Å². The molecule has 0 saturated carbocycles. The lowest BCUT2D eigenvalue weighted by Gasteiger charge is -2.17. The van der Waals surface area contributed by atoms with E-state index in [1.807, 2.05) is 19.2 Å². The number of hydrogen-bond acceptors (Lipinski definition) is 2. The van der Waals surface area contributed by atoms with E-state index in [4.69, 9.17) is 17.4 Å². The van der Waals surface area contributed by atoms with Crippen LogP contribution in [-0.2, 0) is 0 Å². The molecule has 1 heterocycles. The third-order valence-electron chi connectivity index (χ3n) is 1.22. The second-order valence-corrected chi connectivity index (χ2v) is 2.47. The lowest BCUT2D eigenvalue weighted by molar-refractivity contribution is 0.430. The Hall–Kier alpha value is -0.470. The molecule has 0 aromatic heterocycles. The predicted molar refractivity (Wildman–Crippen MR) is 38.6 cm³/mol. The summed E-state index contributed by atoms with van der Waals surface area (Å²) >= 11 is 5.74. The molecule has 1 aliphatic rings. The average Bonchev–Trinajstić information content (AvgIpc) is 1.80. The van der Waals surface area contributed by atoms with E-state index in [2.05, 4.69) is 0 Å². The maximum Gasteiger partial charge on any atom is 0.0533 e. The first-order valence-electron chi connectivity index (χ1n) is 2.76. The minimum absolute atomic E-state index is 0.705. The lowest BCUT2D eigenvalue weighted by Crippen LogP contribution is -2.27. The van der Waals surface area contributed by atoms with Crippen molar-refractivity contribution >= 4 is 11.6 Å². The molecule has 0 fully saturated rings. The van der Waals surface area contributed by atoms with E-state index < -0.39 is 0 Å². The Labute approximate surface area is 59.6 Å². The Balaban J connectivity index is 2.75. The molecule has 0 spiro atoms. The van der Waals surface area contributed by atoms with Gasteiger partial charge in [0, 0.05) is 11.2 Å². The van der Waals surface area contributed by atoms with Crippen LogP contribution in [0.3, 0.4) is 0 Å². The molecule has 0 radical (unpaired) electrons. The molecule has 0 aromatic carbocycles. The quantitative estimate of drug-likeness (QED) is 0.518. The lowest BCUT2D eigenvalue weighted by atomic mass is 10.2. The van der Waals surface area contributed by atoms with Crippen LogP contribution in [0.1, 0.15) is 6.92 Å². The van der Waals surface area contributed by atoms with Crippen LogP contribution in [0, 0.1) is 0 Å². The minimum Gasteiger partial charge on any atom is -0.314 e. The number of rotatable bonds is 0. The van der Waals surface area contributed by atoms with Gasteiger partial charge in [-0.15, -0.1) is 0 Å². The molecule has 3 heteroatoms. The van der Waals surface area contributed by atoms with E-state index in [9.17, 15) is 0 Å². The molecule has 0 saturated heterocycles. The molecule has 50 valence electrons. The molecular formula is C6H9ClN2. The van der Waals surface area contributed by atoms with Crippen LogP contribution >= 0.6 is 11.6 Å². The number of hydrazine groups is 1. The van der Waals surface area contributed by atoms with Crippen molar-refractivity contribution in [3.8, 4) is 0 Å². The summed E-state index contributed by atoms with van der Waals surface area (Å²) in [7, 11) is 0. The Morgan fingerprint density at radius 2 is 2.44 bits per heavy atom. The van der Waals surface area contributed by atoms with Crippen LogP contribution in [0.4, 0.5) is 0 Å². The maximum atomic E-state index is 5.74. The fourth-order valence-electron chi connectivity index (χ4n) is 0.710. The minimum atomic E-state index is 0.705. The molecule has 0 aromatic rings. The highest BCUT2D eigenvalue weighted by atomic mass is 35.5. The molecule has 1 rings (SSSR count). The van der Waals surface area contributed by atoms with Gasteiger partial charge in [-0.3, -0.25) is 0 Å². The molecule has 2 nitrogen and oxygen atoms in total. The summed E-state index contributed by atoms with van der Waals surface area (Å²) in [5.41, 5.74) is 1.02. The van der Waals surface area contributed by atoms with Crippen molar-refractivity contribution in [1.29, 1.82) is 0 Å². The molecular weight excluding hydrogens is 136 g/mol. The SMILES string of the molecule is CC1=CN(N)CC=C1Cl. The summed E-state index contributed by atoms with van der Waals surface area (Å²) in [5.74, 6) is 5.44. The normalized spacial score (nSPS) is 19.2. The van der Waals surface area contributed by atoms with Crippen molar-refractivity contribution in [3.05, 3.63) is 22.9 Å². The van der Waals surface area contributed by atoms with Gasteiger partial charge in [-0.25, -0.2) is 5.84 Å². The van der Waals surface area contributed by atoms with Gasteiger partial charge in [-0.05, 0) is 18.6 Å². The van der Waals surface area contributed by atoms with Crippen LogP contribution in [0.15, 0.2) is 22.9 Å². The van der Waals surface area contributed by atoms with Gasteiger partial charge in [0.15, 0.2) is 0 Å². The second kappa shape index (κ2) is 2.42. The van der Waals surface area contributed by atoms with Gasteiger partial charge in [0.2, 0.25) is 0 Å². The molecule has 2 N–H and O–H groups in total. The summed E-state index contributed by atoms with van der Waals surface area (Å²) in [6, 6.07) is 0. The van der Waals surface area contributed by atoms with Crippen molar-refractivity contribution in [2.45, 2.75) is 6.92 Å². The van der Waals surface area contributed by atoms with Crippen LogP contribution < -0.4 is 5.84 Å². The second-order valence-electron chi connectivity index (χ2n) is 2.06. The third-order valence-corrected chi connectivity index (χ3v) is 1.67. The fourth-order valence-corrected chi connectivity index (χ4v) is 0.827. The van der Waals surface area contributed by atoms with Crippen molar-refractivity contribution in [1.82, 2.24) is 5.01 Å².